The molecular formula is C18H13BrO3. The van der Waals surface area contributed by atoms with Crippen LogP contribution in [0.15, 0.2) is 42.5 Å². The molecule has 0 spiro atoms. The first-order valence-corrected chi connectivity index (χ1v) is 8.18. The normalized spacial score (nSPS) is 32.3. The third kappa shape index (κ3) is 1.21. The van der Waals surface area contributed by atoms with Gasteiger partial charge in [0.15, 0.2) is 0 Å². The molecule has 0 amide bonds. The Balaban J connectivity index is 2.09. The zero-order valence-electron chi connectivity index (χ0n) is 11.5. The van der Waals surface area contributed by atoms with Gasteiger partial charge in [0.2, 0.25) is 0 Å². The van der Waals surface area contributed by atoms with E-state index in [9.17, 15) is 15.3 Å². The highest BCUT2D eigenvalue weighted by Gasteiger charge is 2.55. The van der Waals surface area contributed by atoms with Gasteiger partial charge < -0.3 is 15.3 Å². The molecule has 0 unspecified atom stereocenters. The number of hydrogen-bond acceptors (Lipinski definition) is 3. The number of hydrogen-bond donors (Lipinski definition) is 3. The SMILES string of the molecule is O[C@H]1[C@@H](Br)[C@@]2(O)c3cccc4ccc5ccc(c2c5c34)[C@@H]1O. The summed E-state index contributed by atoms with van der Waals surface area (Å²) in [6, 6.07) is 13.7. The van der Waals surface area contributed by atoms with Crippen LogP contribution in [-0.4, -0.2) is 26.3 Å². The standard InChI is InChI=1S/C18H13BrO3/c19-17-16(21)15(20)10-7-6-9-5-4-8-2-1-3-11-12(8)13(9)14(10)18(11,17)22/h1-7,15-17,20-22H/t15-,16+,17+,18+/m0/s1. The van der Waals surface area contributed by atoms with Gasteiger partial charge in [0.25, 0.3) is 0 Å². The van der Waals surface area contributed by atoms with Crippen LogP contribution in [0.2, 0.25) is 0 Å². The number of benzene rings is 3. The quantitative estimate of drug-likeness (QED) is 0.428. The maximum Gasteiger partial charge on any atom is 0.131 e. The predicted octanol–water partition coefficient (Wildman–Crippen LogP) is 2.71. The molecule has 5 rings (SSSR count). The minimum Gasteiger partial charge on any atom is -0.389 e. The molecule has 4 heteroatoms. The van der Waals surface area contributed by atoms with E-state index in [1.807, 2.05) is 42.5 Å². The summed E-state index contributed by atoms with van der Waals surface area (Å²) in [4.78, 5) is -0.661. The van der Waals surface area contributed by atoms with E-state index in [0.717, 1.165) is 32.7 Å². The first-order valence-electron chi connectivity index (χ1n) is 7.27. The average molecular weight is 357 g/mol. The Labute approximate surface area is 134 Å². The predicted molar refractivity (Wildman–Crippen MR) is 88.1 cm³/mol. The molecule has 0 fully saturated rings. The van der Waals surface area contributed by atoms with E-state index in [1.165, 1.54) is 0 Å². The van der Waals surface area contributed by atoms with Crippen LogP contribution in [0.1, 0.15) is 22.8 Å². The molecule has 4 atom stereocenters. The van der Waals surface area contributed by atoms with Gasteiger partial charge in [-0.2, -0.15) is 0 Å². The second kappa shape index (κ2) is 3.89. The smallest absolute Gasteiger partial charge is 0.131 e. The van der Waals surface area contributed by atoms with Gasteiger partial charge >= 0.3 is 0 Å². The van der Waals surface area contributed by atoms with Gasteiger partial charge in [-0.25, -0.2) is 0 Å². The Bertz CT molecular complexity index is 967. The highest BCUT2D eigenvalue weighted by Crippen LogP contribution is 2.57. The van der Waals surface area contributed by atoms with E-state index < -0.39 is 22.6 Å². The maximum absolute atomic E-state index is 11.5. The van der Waals surface area contributed by atoms with Crippen LogP contribution in [0.5, 0.6) is 0 Å². The van der Waals surface area contributed by atoms with Crippen molar-refractivity contribution in [3.8, 4) is 0 Å². The van der Waals surface area contributed by atoms with Crippen molar-refractivity contribution in [2.24, 2.45) is 0 Å². The maximum atomic E-state index is 11.5. The van der Waals surface area contributed by atoms with Crippen molar-refractivity contribution >= 4 is 37.5 Å². The lowest BCUT2D eigenvalue weighted by Crippen LogP contribution is -2.49. The van der Waals surface area contributed by atoms with Gasteiger partial charge in [0.05, 0.1) is 4.83 Å². The number of aliphatic hydroxyl groups excluding tert-OH is 2. The van der Waals surface area contributed by atoms with Gasteiger partial charge in [-0.15, -0.1) is 0 Å². The summed E-state index contributed by atoms with van der Waals surface area (Å²) in [5.74, 6) is 0. The number of halogens is 1. The zero-order chi connectivity index (χ0) is 15.2. The van der Waals surface area contributed by atoms with Gasteiger partial charge in [-0.1, -0.05) is 58.4 Å². The van der Waals surface area contributed by atoms with Crippen molar-refractivity contribution in [3.63, 3.8) is 0 Å². The van der Waals surface area contributed by atoms with Crippen molar-refractivity contribution < 1.29 is 15.3 Å². The van der Waals surface area contributed by atoms with Crippen LogP contribution in [-0.2, 0) is 5.60 Å². The summed E-state index contributed by atoms with van der Waals surface area (Å²) in [7, 11) is 0. The summed E-state index contributed by atoms with van der Waals surface area (Å²) < 4.78 is 0. The fourth-order valence-electron chi connectivity index (χ4n) is 4.20. The first-order chi connectivity index (χ1) is 10.5. The zero-order valence-corrected chi connectivity index (χ0v) is 13.1. The summed E-state index contributed by atoms with van der Waals surface area (Å²) in [5.41, 5.74) is 0.820. The monoisotopic (exact) mass is 356 g/mol. The Morgan fingerprint density at radius 3 is 2.36 bits per heavy atom. The third-order valence-corrected chi connectivity index (χ3v) is 6.40. The third-order valence-electron chi connectivity index (χ3n) is 5.19. The molecule has 0 saturated heterocycles. The summed E-state index contributed by atoms with van der Waals surface area (Å²) in [5, 5.41) is 36.5. The van der Waals surface area contributed by atoms with Crippen LogP contribution in [0, 0.1) is 0 Å². The Kier molecular flexibility index (Phi) is 2.30. The summed E-state index contributed by atoms with van der Waals surface area (Å²) >= 11 is 3.44. The molecule has 3 aromatic carbocycles. The lowest BCUT2D eigenvalue weighted by Gasteiger charge is -2.42. The number of alkyl halides is 1. The van der Waals surface area contributed by atoms with Crippen LogP contribution < -0.4 is 0 Å². The van der Waals surface area contributed by atoms with Gasteiger partial charge in [-0.05, 0) is 32.7 Å². The summed E-state index contributed by atoms with van der Waals surface area (Å²) in [6.07, 6.45) is -2.08. The van der Waals surface area contributed by atoms with Crippen LogP contribution in [0.25, 0.3) is 21.5 Å². The molecule has 2 aliphatic carbocycles. The second-order valence-electron chi connectivity index (χ2n) is 6.20. The average Bonchev–Trinajstić information content (AvgIpc) is 2.83. The number of fused-ring (bicyclic) bond motifs is 1. The number of rotatable bonds is 0. The van der Waals surface area contributed by atoms with E-state index in [2.05, 4.69) is 15.9 Å². The first kappa shape index (κ1) is 13.0. The lowest BCUT2D eigenvalue weighted by atomic mass is 9.75. The molecule has 3 N–H and O–H groups in total. The van der Waals surface area contributed by atoms with Gasteiger partial charge in [0.1, 0.15) is 17.8 Å². The van der Waals surface area contributed by atoms with Crippen molar-refractivity contribution in [3.05, 3.63) is 59.2 Å². The van der Waals surface area contributed by atoms with Crippen LogP contribution >= 0.6 is 15.9 Å². The van der Waals surface area contributed by atoms with E-state index in [-0.39, 0.29) is 0 Å². The fraction of sp³-hybridized carbons (Fsp3) is 0.222. The largest absolute Gasteiger partial charge is 0.389 e. The molecule has 0 bridgehead atoms. The van der Waals surface area contributed by atoms with Crippen molar-refractivity contribution in [2.75, 3.05) is 0 Å². The molecule has 22 heavy (non-hydrogen) atoms. The van der Waals surface area contributed by atoms with E-state index in [4.69, 9.17) is 0 Å². The highest BCUT2D eigenvalue weighted by atomic mass is 79.9. The Morgan fingerprint density at radius 2 is 1.59 bits per heavy atom. The fourth-order valence-corrected chi connectivity index (χ4v) is 4.96. The van der Waals surface area contributed by atoms with Gasteiger partial charge in [-0.3, -0.25) is 0 Å². The van der Waals surface area contributed by atoms with Crippen molar-refractivity contribution in [2.45, 2.75) is 22.6 Å². The molecular weight excluding hydrogens is 344 g/mol. The summed E-state index contributed by atoms with van der Waals surface area (Å²) in [6.45, 7) is 0. The molecule has 3 nitrogen and oxygen atoms in total. The molecule has 0 aliphatic heterocycles. The molecule has 3 aromatic rings. The van der Waals surface area contributed by atoms with Crippen LogP contribution in [0.3, 0.4) is 0 Å². The van der Waals surface area contributed by atoms with E-state index in [1.54, 1.807) is 0 Å². The second-order valence-corrected chi connectivity index (χ2v) is 7.19. The molecule has 110 valence electrons. The van der Waals surface area contributed by atoms with Crippen molar-refractivity contribution in [1.29, 1.82) is 0 Å². The van der Waals surface area contributed by atoms with Crippen molar-refractivity contribution in [1.82, 2.24) is 0 Å². The molecule has 0 saturated carbocycles. The molecule has 0 radical (unpaired) electrons. The topological polar surface area (TPSA) is 60.7 Å². The van der Waals surface area contributed by atoms with E-state index >= 15 is 0 Å². The number of aliphatic hydroxyl groups is 3. The van der Waals surface area contributed by atoms with E-state index in [0.29, 0.717) is 5.56 Å². The molecule has 0 aromatic heterocycles. The molecule has 2 aliphatic rings. The highest BCUT2D eigenvalue weighted by molar-refractivity contribution is 9.09. The van der Waals surface area contributed by atoms with Crippen LogP contribution in [0.4, 0.5) is 0 Å². The minimum atomic E-state index is -1.32. The van der Waals surface area contributed by atoms with Gasteiger partial charge in [0, 0.05) is 5.56 Å². The molecule has 0 heterocycles. The Morgan fingerprint density at radius 1 is 0.909 bits per heavy atom. The minimum absolute atomic E-state index is 0.613. The lowest BCUT2D eigenvalue weighted by molar-refractivity contribution is -0.0480. The Hall–Kier alpha value is -1.46.